The van der Waals surface area contributed by atoms with Crippen LogP contribution in [0.2, 0.25) is 5.02 Å². The predicted octanol–water partition coefficient (Wildman–Crippen LogP) is 3.25. The Hall–Kier alpha value is -0.730. The number of hydrogen-bond acceptors (Lipinski definition) is 2. The second-order valence-corrected chi connectivity index (χ2v) is 3.81. The van der Waals surface area contributed by atoms with Gasteiger partial charge in [-0.2, -0.15) is 0 Å². The van der Waals surface area contributed by atoms with Crippen LogP contribution in [0, 0.1) is 0 Å². The summed E-state index contributed by atoms with van der Waals surface area (Å²) in [5.74, 6) is 0.782. The normalized spacial score (nSPS) is 21.9. The molecule has 1 fully saturated rings. The molecule has 0 bridgehead atoms. The van der Waals surface area contributed by atoms with Crippen LogP contribution < -0.4 is 4.74 Å². The van der Waals surface area contributed by atoms with Gasteiger partial charge in [0.25, 0.3) is 0 Å². The van der Waals surface area contributed by atoms with Crippen molar-refractivity contribution in [3.63, 3.8) is 0 Å². The van der Waals surface area contributed by atoms with Gasteiger partial charge in [-0.1, -0.05) is 17.7 Å². The standard InChI is InChI=1S/C11H13ClO2/c12-9-4-3-5-10(8-9)14-11-6-1-2-7-13-11/h3-5,8,11H,1-2,6-7H2. The second-order valence-electron chi connectivity index (χ2n) is 3.37. The van der Waals surface area contributed by atoms with Gasteiger partial charge >= 0.3 is 0 Å². The van der Waals surface area contributed by atoms with Crippen LogP contribution >= 0.6 is 11.6 Å². The highest BCUT2D eigenvalue weighted by Gasteiger charge is 2.14. The minimum atomic E-state index is -0.0952. The highest BCUT2D eigenvalue weighted by atomic mass is 35.5. The Morgan fingerprint density at radius 1 is 1.36 bits per heavy atom. The van der Waals surface area contributed by atoms with E-state index in [9.17, 15) is 0 Å². The Labute approximate surface area is 88.8 Å². The van der Waals surface area contributed by atoms with E-state index in [1.165, 1.54) is 6.42 Å². The molecule has 3 heteroatoms. The van der Waals surface area contributed by atoms with E-state index in [4.69, 9.17) is 21.1 Å². The third-order valence-electron chi connectivity index (χ3n) is 2.20. The molecule has 1 aliphatic heterocycles. The molecule has 1 atom stereocenters. The maximum atomic E-state index is 5.84. The van der Waals surface area contributed by atoms with E-state index >= 15 is 0 Å². The largest absolute Gasteiger partial charge is 0.465 e. The first-order valence-electron chi connectivity index (χ1n) is 4.88. The Morgan fingerprint density at radius 2 is 2.29 bits per heavy atom. The fourth-order valence-electron chi connectivity index (χ4n) is 1.50. The summed E-state index contributed by atoms with van der Waals surface area (Å²) in [6, 6.07) is 7.40. The molecule has 1 aromatic rings. The zero-order valence-electron chi connectivity index (χ0n) is 7.91. The number of halogens is 1. The molecule has 0 radical (unpaired) electrons. The zero-order valence-corrected chi connectivity index (χ0v) is 8.67. The average molecular weight is 213 g/mol. The van der Waals surface area contributed by atoms with Crippen molar-refractivity contribution in [1.29, 1.82) is 0 Å². The minimum Gasteiger partial charge on any atom is -0.465 e. The van der Waals surface area contributed by atoms with Gasteiger partial charge in [-0.25, -0.2) is 0 Å². The van der Waals surface area contributed by atoms with Crippen molar-refractivity contribution >= 4 is 11.6 Å². The maximum Gasteiger partial charge on any atom is 0.199 e. The van der Waals surface area contributed by atoms with E-state index in [1.807, 2.05) is 18.2 Å². The Morgan fingerprint density at radius 3 is 3.00 bits per heavy atom. The topological polar surface area (TPSA) is 18.5 Å². The molecule has 0 saturated carbocycles. The lowest BCUT2D eigenvalue weighted by atomic mass is 10.2. The average Bonchev–Trinajstić information content (AvgIpc) is 2.19. The molecule has 1 unspecified atom stereocenters. The maximum absolute atomic E-state index is 5.84. The van der Waals surface area contributed by atoms with E-state index in [0.29, 0.717) is 5.02 Å². The van der Waals surface area contributed by atoms with Gasteiger partial charge in [-0.15, -0.1) is 0 Å². The van der Waals surface area contributed by atoms with Gasteiger partial charge in [0.1, 0.15) is 5.75 Å². The minimum absolute atomic E-state index is 0.0952. The summed E-state index contributed by atoms with van der Waals surface area (Å²) < 4.78 is 11.1. The van der Waals surface area contributed by atoms with Crippen LogP contribution in [-0.2, 0) is 4.74 Å². The van der Waals surface area contributed by atoms with E-state index in [-0.39, 0.29) is 6.29 Å². The van der Waals surface area contributed by atoms with Crippen molar-refractivity contribution in [2.75, 3.05) is 6.61 Å². The van der Waals surface area contributed by atoms with Gasteiger partial charge in [0.15, 0.2) is 6.29 Å². The summed E-state index contributed by atoms with van der Waals surface area (Å²) in [6.45, 7) is 0.797. The summed E-state index contributed by atoms with van der Waals surface area (Å²) in [6.07, 6.45) is 3.18. The SMILES string of the molecule is Clc1cccc(OC2CCCCO2)c1. The first-order chi connectivity index (χ1) is 6.84. The summed E-state index contributed by atoms with van der Waals surface area (Å²) in [5.41, 5.74) is 0. The molecule has 0 spiro atoms. The van der Waals surface area contributed by atoms with Crippen LogP contribution in [0.5, 0.6) is 5.75 Å². The lowest BCUT2D eigenvalue weighted by molar-refractivity contribution is -0.105. The van der Waals surface area contributed by atoms with Crippen molar-refractivity contribution in [3.8, 4) is 5.75 Å². The molecule has 2 rings (SSSR count). The van der Waals surface area contributed by atoms with Gasteiger partial charge < -0.3 is 9.47 Å². The quantitative estimate of drug-likeness (QED) is 0.749. The molecule has 0 N–H and O–H groups in total. The van der Waals surface area contributed by atoms with Crippen molar-refractivity contribution < 1.29 is 9.47 Å². The van der Waals surface area contributed by atoms with E-state index in [2.05, 4.69) is 0 Å². The molecule has 2 nitrogen and oxygen atoms in total. The molecule has 0 amide bonds. The third-order valence-corrected chi connectivity index (χ3v) is 2.44. The van der Waals surface area contributed by atoms with Gasteiger partial charge in [-0.3, -0.25) is 0 Å². The van der Waals surface area contributed by atoms with Gasteiger partial charge in [0, 0.05) is 11.4 Å². The summed E-state index contributed by atoms with van der Waals surface area (Å²) in [5, 5.41) is 0.693. The highest BCUT2D eigenvalue weighted by molar-refractivity contribution is 6.30. The van der Waals surface area contributed by atoms with Gasteiger partial charge in [0.2, 0.25) is 0 Å². The second kappa shape index (κ2) is 4.67. The van der Waals surface area contributed by atoms with E-state index in [1.54, 1.807) is 6.07 Å². The molecule has 0 aliphatic carbocycles. The molecule has 76 valence electrons. The molecule has 1 aromatic carbocycles. The molecular formula is C11H13ClO2. The van der Waals surface area contributed by atoms with Crippen LogP contribution in [-0.4, -0.2) is 12.9 Å². The van der Waals surface area contributed by atoms with Crippen LogP contribution in [0.25, 0.3) is 0 Å². The van der Waals surface area contributed by atoms with Gasteiger partial charge in [0.05, 0.1) is 6.61 Å². The van der Waals surface area contributed by atoms with Crippen LogP contribution in [0.1, 0.15) is 19.3 Å². The lowest BCUT2D eigenvalue weighted by Gasteiger charge is -2.23. The Balaban J connectivity index is 1.95. The smallest absolute Gasteiger partial charge is 0.199 e. The molecule has 1 heterocycles. The molecule has 1 aliphatic rings. The number of ether oxygens (including phenoxy) is 2. The van der Waals surface area contributed by atoms with E-state index in [0.717, 1.165) is 25.2 Å². The number of rotatable bonds is 2. The highest BCUT2D eigenvalue weighted by Crippen LogP contribution is 2.21. The number of benzene rings is 1. The Kier molecular flexibility index (Phi) is 3.27. The zero-order chi connectivity index (χ0) is 9.80. The summed E-state index contributed by atoms with van der Waals surface area (Å²) in [4.78, 5) is 0. The molecule has 14 heavy (non-hydrogen) atoms. The van der Waals surface area contributed by atoms with Crippen molar-refractivity contribution in [1.82, 2.24) is 0 Å². The fraction of sp³-hybridized carbons (Fsp3) is 0.455. The van der Waals surface area contributed by atoms with Crippen molar-refractivity contribution in [2.24, 2.45) is 0 Å². The third kappa shape index (κ3) is 2.63. The van der Waals surface area contributed by atoms with Crippen LogP contribution in [0.4, 0.5) is 0 Å². The first-order valence-corrected chi connectivity index (χ1v) is 5.26. The van der Waals surface area contributed by atoms with Crippen molar-refractivity contribution in [3.05, 3.63) is 29.3 Å². The van der Waals surface area contributed by atoms with Crippen LogP contribution in [0.3, 0.4) is 0 Å². The van der Waals surface area contributed by atoms with Crippen LogP contribution in [0.15, 0.2) is 24.3 Å². The number of hydrogen-bond donors (Lipinski definition) is 0. The first kappa shape index (κ1) is 9.81. The summed E-state index contributed by atoms with van der Waals surface area (Å²) >= 11 is 5.84. The van der Waals surface area contributed by atoms with Gasteiger partial charge in [-0.05, 0) is 31.0 Å². The molecule has 0 aromatic heterocycles. The molecular weight excluding hydrogens is 200 g/mol. The fourth-order valence-corrected chi connectivity index (χ4v) is 1.68. The lowest BCUT2D eigenvalue weighted by Crippen LogP contribution is -2.24. The van der Waals surface area contributed by atoms with Crippen molar-refractivity contribution in [2.45, 2.75) is 25.6 Å². The Bertz CT molecular complexity index is 295. The molecule has 1 saturated heterocycles. The summed E-state index contributed by atoms with van der Waals surface area (Å²) in [7, 11) is 0. The monoisotopic (exact) mass is 212 g/mol. The van der Waals surface area contributed by atoms with E-state index < -0.39 is 0 Å². The predicted molar refractivity (Wildman–Crippen MR) is 55.7 cm³/mol.